The smallest absolute Gasteiger partial charge is 0.315 e. The van der Waals surface area contributed by atoms with E-state index in [0.29, 0.717) is 36.7 Å². The summed E-state index contributed by atoms with van der Waals surface area (Å²) in [5.41, 5.74) is 0. The fourth-order valence-electron chi connectivity index (χ4n) is 1.29. The van der Waals surface area contributed by atoms with Crippen molar-refractivity contribution in [1.29, 1.82) is 0 Å². The van der Waals surface area contributed by atoms with Crippen LogP contribution in [0.2, 0.25) is 0 Å². The van der Waals surface area contributed by atoms with Crippen LogP contribution in [-0.2, 0) is 13.1 Å². The summed E-state index contributed by atoms with van der Waals surface area (Å²) in [6.07, 6.45) is 1.27. The summed E-state index contributed by atoms with van der Waals surface area (Å²) in [6, 6.07) is 0.348. The molecule has 0 saturated heterocycles. The van der Waals surface area contributed by atoms with Crippen molar-refractivity contribution in [3.05, 3.63) is 18.1 Å². The SMILES string of the molecule is CC(C)CNCc1nnc(NCc2ncon2)o1. The van der Waals surface area contributed by atoms with Crippen molar-refractivity contribution in [3.63, 3.8) is 0 Å². The van der Waals surface area contributed by atoms with Crippen LogP contribution in [0, 0.1) is 5.92 Å². The maximum Gasteiger partial charge on any atom is 0.315 e. The summed E-state index contributed by atoms with van der Waals surface area (Å²) in [4.78, 5) is 3.86. The first kappa shape index (κ1) is 12.5. The van der Waals surface area contributed by atoms with Crippen molar-refractivity contribution in [2.45, 2.75) is 26.9 Å². The third-order valence-electron chi connectivity index (χ3n) is 2.10. The van der Waals surface area contributed by atoms with Crippen LogP contribution in [0.3, 0.4) is 0 Å². The molecule has 0 radical (unpaired) electrons. The Morgan fingerprint density at radius 2 is 2.17 bits per heavy atom. The number of hydrogen-bond donors (Lipinski definition) is 2. The predicted octanol–water partition coefficient (Wildman–Crippen LogP) is 0.810. The minimum Gasteiger partial charge on any atom is -0.407 e. The average Bonchev–Trinajstić information content (AvgIpc) is 2.96. The Balaban J connectivity index is 1.75. The summed E-state index contributed by atoms with van der Waals surface area (Å²) in [6.45, 7) is 6.14. The number of rotatable bonds is 7. The number of nitrogens with zero attached hydrogens (tertiary/aromatic N) is 4. The van der Waals surface area contributed by atoms with Crippen LogP contribution in [0.1, 0.15) is 25.6 Å². The topological polar surface area (TPSA) is 102 Å². The quantitative estimate of drug-likeness (QED) is 0.746. The molecular weight excluding hydrogens is 236 g/mol. The molecule has 0 aliphatic carbocycles. The minimum absolute atomic E-state index is 0.348. The maximum absolute atomic E-state index is 5.38. The average molecular weight is 252 g/mol. The molecule has 2 aromatic heterocycles. The Kier molecular flexibility index (Phi) is 4.24. The van der Waals surface area contributed by atoms with Crippen LogP contribution in [0.15, 0.2) is 15.3 Å². The molecule has 0 amide bonds. The fourth-order valence-corrected chi connectivity index (χ4v) is 1.29. The van der Waals surface area contributed by atoms with Gasteiger partial charge in [0.2, 0.25) is 12.3 Å². The van der Waals surface area contributed by atoms with Gasteiger partial charge in [-0.05, 0) is 12.5 Å². The second-order valence-electron chi connectivity index (χ2n) is 4.23. The summed E-state index contributed by atoms with van der Waals surface area (Å²) in [7, 11) is 0. The molecule has 8 heteroatoms. The van der Waals surface area contributed by atoms with E-state index in [0.717, 1.165) is 6.54 Å². The first-order valence-electron chi connectivity index (χ1n) is 5.76. The van der Waals surface area contributed by atoms with E-state index in [-0.39, 0.29) is 0 Å². The van der Waals surface area contributed by atoms with E-state index in [1.165, 1.54) is 6.39 Å². The van der Waals surface area contributed by atoms with Crippen LogP contribution in [-0.4, -0.2) is 26.9 Å². The summed E-state index contributed by atoms with van der Waals surface area (Å²) in [5, 5.41) is 17.6. The van der Waals surface area contributed by atoms with Crippen molar-refractivity contribution >= 4 is 6.01 Å². The Hall–Kier alpha value is -1.96. The Labute approximate surface area is 104 Å². The highest BCUT2D eigenvalue weighted by molar-refractivity contribution is 5.17. The van der Waals surface area contributed by atoms with Crippen molar-refractivity contribution in [1.82, 2.24) is 25.7 Å². The maximum atomic E-state index is 5.38. The number of hydrogen-bond acceptors (Lipinski definition) is 8. The third-order valence-corrected chi connectivity index (χ3v) is 2.10. The molecule has 0 aliphatic heterocycles. The van der Waals surface area contributed by atoms with Crippen LogP contribution in [0.25, 0.3) is 0 Å². The lowest BCUT2D eigenvalue weighted by molar-refractivity contribution is 0.410. The molecule has 0 aliphatic rings. The Morgan fingerprint density at radius 1 is 1.28 bits per heavy atom. The molecular formula is C10H16N6O2. The van der Waals surface area contributed by atoms with Crippen molar-refractivity contribution in [2.75, 3.05) is 11.9 Å². The highest BCUT2D eigenvalue weighted by Gasteiger charge is 2.06. The zero-order chi connectivity index (χ0) is 12.8. The van der Waals surface area contributed by atoms with E-state index in [2.05, 4.69) is 49.3 Å². The largest absolute Gasteiger partial charge is 0.407 e. The number of aromatic nitrogens is 4. The molecule has 2 aromatic rings. The van der Waals surface area contributed by atoms with Gasteiger partial charge in [0.15, 0.2) is 5.82 Å². The van der Waals surface area contributed by atoms with Gasteiger partial charge in [-0.3, -0.25) is 0 Å². The monoisotopic (exact) mass is 252 g/mol. The second-order valence-corrected chi connectivity index (χ2v) is 4.23. The van der Waals surface area contributed by atoms with Crippen molar-refractivity contribution in [3.8, 4) is 0 Å². The van der Waals surface area contributed by atoms with Gasteiger partial charge in [-0.15, -0.1) is 5.10 Å². The lowest BCUT2D eigenvalue weighted by Crippen LogP contribution is -2.19. The normalized spacial score (nSPS) is 11.1. The fraction of sp³-hybridized carbons (Fsp3) is 0.600. The van der Waals surface area contributed by atoms with E-state index >= 15 is 0 Å². The Bertz CT molecular complexity index is 453. The van der Waals surface area contributed by atoms with E-state index < -0.39 is 0 Å². The van der Waals surface area contributed by atoms with Crippen LogP contribution in [0.5, 0.6) is 0 Å². The van der Waals surface area contributed by atoms with E-state index in [1.54, 1.807) is 0 Å². The molecule has 0 fully saturated rings. The van der Waals surface area contributed by atoms with Crippen LogP contribution < -0.4 is 10.6 Å². The van der Waals surface area contributed by atoms with Gasteiger partial charge in [0.05, 0.1) is 13.1 Å². The lowest BCUT2D eigenvalue weighted by atomic mass is 10.2. The lowest BCUT2D eigenvalue weighted by Gasteiger charge is -2.03. The summed E-state index contributed by atoms with van der Waals surface area (Å²) < 4.78 is 9.99. The molecule has 2 rings (SSSR count). The van der Waals surface area contributed by atoms with Gasteiger partial charge < -0.3 is 19.6 Å². The zero-order valence-electron chi connectivity index (χ0n) is 10.4. The molecule has 98 valence electrons. The summed E-state index contributed by atoms with van der Waals surface area (Å²) >= 11 is 0. The van der Waals surface area contributed by atoms with E-state index in [4.69, 9.17) is 4.42 Å². The molecule has 8 nitrogen and oxygen atoms in total. The van der Waals surface area contributed by atoms with Gasteiger partial charge in [-0.1, -0.05) is 24.1 Å². The standard InChI is InChI=1S/C10H16N6O2/c1-7(2)3-11-5-9-14-15-10(18-9)12-4-8-13-6-17-16-8/h6-7,11H,3-5H2,1-2H3,(H,12,15). The van der Waals surface area contributed by atoms with Gasteiger partial charge in [-0.2, -0.15) is 4.98 Å². The van der Waals surface area contributed by atoms with Gasteiger partial charge in [0, 0.05) is 0 Å². The minimum atomic E-state index is 0.348. The summed E-state index contributed by atoms with van der Waals surface area (Å²) in [5.74, 6) is 1.67. The highest BCUT2D eigenvalue weighted by atomic mass is 16.5. The van der Waals surface area contributed by atoms with Gasteiger partial charge in [0.1, 0.15) is 0 Å². The molecule has 2 heterocycles. The second kappa shape index (κ2) is 6.10. The number of anilines is 1. The highest BCUT2D eigenvalue weighted by Crippen LogP contribution is 2.06. The molecule has 0 bridgehead atoms. The van der Waals surface area contributed by atoms with E-state index in [1.807, 2.05) is 0 Å². The molecule has 0 spiro atoms. The Morgan fingerprint density at radius 3 is 2.89 bits per heavy atom. The van der Waals surface area contributed by atoms with Crippen LogP contribution in [0.4, 0.5) is 6.01 Å². The predicted molar refractivity (Wildman–Crippen MR) is 62.5 cm³/mol. The molecule has 0 unspecified atom stereocenters. The van der Waals surface area contributed by atoms with Crippen molar-refractivity contribution in [2.24, 2.45) is 5.92 Å². The third kappa shape index (κ3) is 3.81. The van der Waals surface area contributed by atoms with Crippen LogP contribution >= 0.6 is 0 Å². The molecule has 0 aromatic carbocycles. The number of nitrogens with one attached hydrogen (secondary N) is 2. The molecule has 0 atom stereocenters. The van der Waals surface area contributed by atoms with Gasteiger partial charge in [0.25, 0.3) is 0 Å². The molecule has 18 heavy (non-hydrogen) atoms. The molecule has 2 N–H and O–H groups in total. The zero-order valence-corrected chi connectivity index (χ0v) is 10.4. The van der Waals surface area contributed by atoms with Gasteiger partial charge in [-0.25, -0.2) is 0 Å². The van der Waals surface area contributed by atoms with Crippen molar-refractivity contribution < 1.29 is 8.94 Å². The first-order valence-corrected chi connectivity index (χ1v) is 5.76. The van der Waals surface area contributed by atoms with E-state index in [9.17, 15) is 0 Å². The van der Waals surface area contributed by atoms with Gasteiger partial charge >= 0.3 is 6.01 Å². The first-order chi connectivity index (χ1) is 8.74. The molecule has 0 saturated carbocycles.